The van der Waals surface area contributed by atoms with Crippen LogP contribution >= 0.6 is 0 Å². The number of allylic oxidation sites excluding steroid dienone is 2. The summed E-state index contributed by atoms with van der Waals surface area (Å²) in [6, 6.07) is 13.1. The molecule has 1 aromatic rings. The van der Waals surface area contributed by atoms with Crippen LogP contribution in [0.1, 0.15) is 5.56 Å². The molecular formula is C11H10N4. The second-order valence-corrected chi connectivity index (χ2v) is 2.85. The van der Waals surface area contributed by atoms with Crippen molar-refractivity contribution in [2.24, 2.45) is 5.73 Å². The molecule has 0 aliphatic heterocycles. The van der Waals surface area contributed by atoms with E-state index in [0.717, 1.165) is 5.56 Å². The van der Waals surface area contributed by atoms with Crippen molar-refractivity contribution in [1.29, 1.82) is 10.5 Å². The van der Waals surface area contributed by atoms with Crippen LogP contribution in [0.25, 0.3) is 0 Å². The van der Waals surface area contributed by atoms with Crippen molar-refractivity contribution in [3.05, 3.63) is 47.3 Å². The van der Waals surface area contributed by atoms with Crippen LogP contribution in [0.2, 0.25) is 0 Å². The van der Waals surface area contributed by atoms with Crippen molar-refractivity contribution in [1.82, 2.24) is 5.32 Å². The third-order valence-electron chi connectivity index (χ3n) is 1.81. The van der Waals surface area contributed by atoms with Gasteiger partial charge in [0, 0.05) is 6.54 Å². The Morgan fingerprint density at radius 2 is 1.87 bits per heavy atom. The first-order chi connectivity index (χ1) is 7.27. The molecule has 1 rings (SSSR count). The Bertz CT molecular complexity index is 434. The van der Waals surface area contributed by atoms with Crippen molar-refractivity contribution in [2.45, 2.75) is 6.54 Å². The first-order valence-electron chi connectivity index (χ1n) is 4.35. The Balaban J connectivity index is 2.66. The molecule has 0 aliphatic rings. The number of hydrogen-bond acceptors (Lipinski definition) is 4. The fourth-order valence-electron chi connectivity index (χ4n) is 1.04. The first kappa shape index (κ1) is 10.6. The first-order valence-corrected chi connectivity index (χ1v) is 4.35. The normalized spacial score (nSPS) is 10.8. The van der Waals surface area contributed by atoms with Crippen LogP contribution in [0.15, 0.2) is 41.7 Å². The number of nitrogens with two attached hydrogens (primary N) is 1. The van der Waals surface area contributed by atoms with Gasteiger partial charge in [-0.15, -0.1) is 0 Å². The van der Waals surface area contributed by atoms with Gasteiger partial charge in [0.2, 0.25) is 0 Å². The van der Waals surface area contributed by atoms with Crippen LogP contribution < -0.4 is 11.1 Å². The molecule has 0 atom stereocenters. The average Bonchev–Trinajstić information content (AvgIpc) is 2.31. The summed E-state index contributed by atoms with van der Waals surface area (Å²) in [6.45, 7) is 0.478. The summed E-state index contributed by atoms with van der Waals surface area (Å²) in [5, 5.41) is 20.0. The maximum Gasteiger partial charge on any atom is 0.148 e. The molecule has 0 radical (unpaired) electrons. The van der Waals surface area contributed by atoms with Crippen molar-refractivity contribution in [3.8, 4) is 12.1 Å². The number of nitrogens with one attached hydrogen (secondary N) is 1. The van der Waals surface area contributed by atoms with E-state index in [-0.39, 0.29) is 11.4 Å². The topological polar surface area (TPSA) is 85.6 Å². The second kappa shape index (κ2) is 5.31. The molecule has 0 saturated carbocycles. The van der Waals surface area contributed by atoms with Crippen molar-refractivity contribution < 1.29 is 0 Å². The van der Waals surface area contributed by atoms with Gasteiger partial charge in [-0.05, 0) is 5.56 Å². The van der Waals surface area contributed by atoms with Gasteiger partial charge in [0.05, 0.1) is 0 Å². The average molecular weight is 198 g/mol. The highest BCUT2D eigenvalue weighted by Crippen LogP contribution is 2.00. The summed E-state index contributed by atoms with van der Waals surface area (Å²) < 4.78 is 0. The fraction of sp³-hybridized carbons (Fsp3) is 0.0909. The quantitative estimate of drug-likeness (QED) is 0.709. The lowest BCUT2D eigenvalue weighted by atomic mass is 10.2. The minimum Gasteiger partial charge on any atom is -0.388 e. The summed E-state index contributed by atoms with van der Waals surface area (Å²) in [5.41, 5.74) is 6.37. The summed E-state index contributed by atoms with van der Waals surface area (Å²) in [4.78, 5) is 0. The molecule has 0 aliphatic carbocycles. The van der Waals surface area contributed by atoms with Gasteiger partial charge in [0.15, 0.2) is 0 Å². The molecule has 15 heavy (non-hydrogen) atoms. The van der Waals surface area contributed by atoms with Crippen LogP contribution in [-0.2, 0) is 6.54 Å². The van der Waals surface area contributed by atoms with E-state index in [1.165, 1.54) is 0 Å². The highest BCUT2D eigenvalue weighted by Gasteiger charge is 2.00. The third kappa shape index (κ3) is 3.06. The predicted molar refractivity (Wildman–Crippen MR) is 55.7 cm³/mol. The SMILES string of the molecule is N#C/C(N)=C(\C#N)NCc1ccccc1. The largest absolute Gasteiger partial charge is 0.388 e. The van der Waals surface area contributed by atoms with E-state index in [2.05, 4.69) is 5.32 Å². The molecule has 1 aromatic carbocycles. The fourth-order valence-corrected chi connectivity index (χ4v) is 1.04. The zero-order valence-electron chi connectivity index (χ0n) is 8.07. The minimum atomic E-state index is -0.0894. The van der Waals surface area contributed by atoms with Crippen molar-refractivity contribution in [2.75, 3.05) is 0 Å². The lowest BCUT2D eigenvalue weighted by Crippen LogP contribution is -2.16. The van der Waals surface area contributed by atoms with E-state index in [1.807, 2.05) is 36.4 Å². The molecule has 0 bridgehead atoms. The van der Waals surface area contributed by atoms with Gasteiger partial charge in [0.1, 0.15) is 23.5 Å². The van der Waals surface area contributed by atoms with Gasteiger partial charge < -0.3 is 11.1 Å². The highest BCUT2D eigenvalue weighted by atomic mass is 14.9. The summed E-state index contributed by atoms with van der Waals surface area (Å²) >= 11 is 0. The smallest absolute Gasteiger partial charge is 0.148 e. The molecule has 0 unspecified atom stereocenters. The molecule has 74 valence electrons. The van der Waals surface area contributed by atoms with E-state index in [0.29, 0.717) is 6.54 Å². The molecule has 0 spiro atoms. The summed E-state index contributed by atoms with van der Waals surface area (Å²) in [6.07, 6.45) is 0. The standard InChI is InChI=1S/C11H10N4/c12-6-10(14)11(7-13)15-8-9-4-2-1-3-5-9/h1-5,15H,8,14H2/b11-10-. The Labute approximate surface area is 88.2 Å². The van der Waals surface area contributed by atoms with Crippen LogP contribution in [0.5, 0.6) is 0 Å². The Morgan fingerprint density at radius 3 is 2.40 bits per heavy atom. The lowest BCUT2D eigenvalue weighted by Gasteiger charge is -2.04. The van der Waals surface area contributed by atoms with Gasteiger partial charge in [-0.2, -0.15) is 10.5 Å². The second-order valence-electron chi connectivity index (χ2n) is 2.85. The van der Waals surface area contributed by atoms with Gasteiger partial charge in [-0.1, -0.05) is 30.3 Å². The number of benzene rings is 1. The molecule has 0 saturated heterocycles. The maximum atomic E-state index is 8.70. The molecular weight excluding hydrogens is 188 g/mol. The van der Waals surface area contributed by atoms with Crippen LogP contribution in [0.3, 0.4) is 0 Å². The molecule has 4 nitrogen and oxygen atoms in total. The highest BCUT2D eigenvalue weighted by molar-refractivity contribution is 5.33. The number of rotatable bonds is 3. The molecule has 4 heteroatoms. The minimum absolute atomic E-state index is 0.0894. The van der Waals surface area contributed by atoms with Crippen molar-refractivity contribution >= 4 is 0 Å². The van der Waals surface area contributed by atoms with Gasteiger partial charge in [0.25, 0.3) is 0 Å². The van der Waals surface area contributed by atoms with Gasteiger partial charge >= 0.3 is 0 Å². The monoisotopic (exact) mass is 198 g/mol. The number of hydrogen-bond donors (Lipinski definition) is 2. The molecule has 0 heterocycles. The van der Waals surface area contributed by atoms with E-state index in [1.54, 1.807) is 6.07 Å². The van der Waals surface area contributed by atoms with Crippen LogP contribution in [0.4, 0.5) is 0 Å². The molecule has 3 N–H and O–H groups in total. The van der Waals surface area contributed by atoms with Crippen molar-refractivity contribution in [3.63, 3.8) is 0 Å². The number of nitrogens with zero attached hydrogens (tertiary/aromatic N) is 2. The Morgan fingerprint density at radius 1 is 1.20 bits per heavy atom. The van der Waals surface area contributed by atoms with Crippen LogP contribution in [0, 0.1) is 22.7 Å². The van der Waals surface area contributed by atoms with E-state index >= 15 is 0 Å². The predicted octanol–water partition coefficient (Wildman–Crippen LogP) is 0.994. The van der Waals surface area contributed by atoms with Crippen LogP contribution in [-0.4, -0.2) is 0 Å². The zero-order valence-corrected chi connectivity index (χ0v) is 8.07. The molecule has 0 amide bonds. The van der Waals surface area contributed by atoms with E-state index in [9.17, 15) is 0 Å². The third-order valence-corrected chi connectivity index (χ3v) is 1.81. The molecule has 0 fully saturated rings. The summed E-state index contributed by atoms with van der Waals surface area (Å²) in [5.74, 6) is 0. The lowest BCUT2D eigenvalue weighted by molar-refractivity contribution is 0.827. The Hall–Kier alpha value is -2.46. The van der Waals surface area contributed by atoms with Gasteiger partial charge in [-0.25, -0.2) is 0 Å². The van der Waals surface area contributed by atoms with E-state index < -0.39 is 0 Å². The number of nitriles is 2. The molecule has 0 aromatic heterocycles. The van der Waals surface area contributed by atoms with Gasteiger partial charge in [-0.3, -0.25) is 0 Å². The zero-order chi connectivity index (χ0) is 11.1. The maximum absolute atomic E-state index is 8.70. The van der Waals surface area contributed by atoms with E-state index in [4.69, 9.17) is 16.3 Å². The summed E-state index contributed by atoms with van der Waals surface area (Å²) in [7, 11) is 0. The Kier molecular flexibility index (Phi) is 3.76.